The van der Waals surface area contributed by atoms with Gasteiger partial charge < -0.3 is 4.74 Å². The lowest BCUT2D eigenvalue weighted by molar-refractivity contribution is 0.185. The lowest BCUT2D eigenvalue weighted by Crippen LogP contribution is -2.09. The maximum absolute atomic E-state index is 5.77. The molecule has 0 spiro atoms. The monoisotopic (exact) mass is 226 g/mol. The predicted molar refractivity (Wildman–Crippen MR) is 59.0 cm³/mol. The molecule has 0 N–H and O–H groups in total. The van der Waals surface area contributed by atoms with Gasteiger partial charge in [-0.05, 0) is 25.3 Å². The molecule has 82 valence electrons. The molecule has 1 saturated heterocycles. The first kappa shape index (κ1) is 10.8. The fourth-order valence-corrected chi connectivity index (χ4v) is 2.00. The van der Waals surface area contributed by atoms with Crippen LogP contribution in [0.2, 0.25) is 0 Å². The molecule has 1 aromatic heterocycles. The molecular weight excluding hydrogens is 212 g/mol. The summed E-state index contributed by atoms with van der Waals surface area (Å²) in [6, 6.07) is 1.93. The zero-order chi connectivity index (χ0) is 10.7. The van der Waals surface area contributed by atoms with E-state index in [1.807, 2.05) is 13.0 Å². The van der Waals surface area contributed by atoms with Crippen molar-refractivity contribution in [2.45, 2.75) is 25.6 Å². The van der Waals surface area contributed by atoms with Gasteiger partial charge in [0.1, 0.15) is 5.82 Å². The Morgan fingerprint density at radius 1 is 1.53 bits per heavy atom. The van der Waals surface area contributed by atoms with Gasteiger partial charge in [0.2, 0.25) is 0 Å². The number of alkyl halides is 1. The molecule has 1 atom stereocenters. The van der Waals surface area contributed by atoms with Crippen molar-refractivity contribution in [1.29, 1.82) is 0 Å². The highest BCUT2D eigenvalue weighted by Gasteiger charge is 2.17. The van der Waals surface area contributed by atoms with Crippen LogP contribution in [0, 0.1) is 12.8 Å². The molecule has 2 rings (SSSR count). The fourth-order valence-electron chi connectivity index (χ4n) is 1.86. The van der Waals surface area contributed by atoms with E-state index in [1.54, 1.807) is 0 Å². The van der Waals surface area contributed by atoms with Gasteiger partial charge in [-0.25, -0.2) is 9.97 Å². The van der Waals surface area contributed by atoms with Crippen LogP contribution in [0.4, 0.5) is 0 Å². The third kappa shape index (κ3) is 2.89. The van der Waals surface area contributed by atoms with Gasteiger partial charge >= 0.3 is 0 Å². The summed E-state index contributed by atoms with van der Waals surface area (Å²) >= 11 is 5.77. The lowest BCUT2D eigenvalue weighted by Gasteiger charge is -2.07. The van der Waals surface area contributed by atoms with Crippen LogP contribution in [0.1, 0.15) is 23.6 Å². The summed E-state index contributed by atoms with van der Waals surface area (Å²) in [6.07, 6.45) is 2.03. The number of nitrogens with zero attached hydrogens (tertiary/aromatic N) is 2. The molecule has 1 aliphatic rings. The Labute approximate surface area is 94.8 Å². The van der Waals surface area contributed by atoms with E-state index >= 15 is 0 Å². The van der Waals surface area contributed by atoms with Gasteiger partial charge in [-0.3, -0.25) is 0 Å². The first-order valence-electron chi connectivity index (χ1n) is 5.25. The zero-order valence-electron chi connectivity index (χ0n) is 8.87. The van der Waals surface area contributed by atoms with Crippen molar-refractivity contribution in [1.82, 2.24) is 9.97 Å². The highest BCUT2D eigenvalue weighted by Crippen LogP contribution is 2.17. The average molecular weight is 227 g/mol. The van der Waals surface area contributed by atoms with Gasteiger partial charge in [-0.1, -0.05) is 0 Å². The molecular formula is C11H15ClN2O. The number of hydrogen-bond donors (Lipinski definition) is 0. The van der Waals surface area contributed by atoms with Crippen LogP contribution in [0.5, 0.6) is 0 Å². The molecule has 0 aromatic carbocycles. The summed E-state index contributed by atoms with van der Waals surface area (Å²) < 4.78 is 5.33. The number of ether oxygens (including phenoxy) is 1. The minimum absolute atomic E-state index is 0.456. The minimum atomic E-state index is 0.456. The molecule has 2 heterocycles. The smallest absolute Gasteiger partial charge is 0.129 e. The van der Waals surface area contributed by atoms with Crippen LogP contribution in [0.25, 0.3) is 0 Å². The molecule has 4 heteroatoms. The van der Waals surface area contributed by atoms with E-state index in [9.17, 15) is 0 Å². The van der Waals surface area contributed by atoms with Crippen molar-refractivity contribution in [2.24, 2.45) is 5.92 Å². The number of hydrogen-bond acceptors (Lipinski definition) is 3. The van der Waals surface area contributed by atoms with Crippen LogP contribution in [-0.2, 0) is 17.0 Å². The molecule has 1 unspecified atom stereocenters. The molecule has 1 fully saturated rings. The maximum atomic E-state index is 5.77. The van der Waals surface area contributed by atoms with Crippen molar-refractivity contribution in [3.05, 3.63) is 23.3 Å². The van der Waals surface area contributed by atoms with Crippen molar-refractivity contribution < 1.29 is 4.74 Å². The largest absolute Gasteiger partial charge is 0.381 e. The van der Waals surface area contributed by atoms with E-state index < -0.39 is 0 Å². The van der Waals surface area contributed by atoms with E-state index in [1.165, 1.54) is 0 Å². The van der Waals surface area contributed by atoms with Crippen LogP contribution < -0.4 is 0 Å². The molecule has 0 radical (unpaired) electrons. The van der Waals surface area contributed by atoms with Gasteiger partial charge in [0, 0.05) is 25.3 Å². The Bertz CT molecular complexity index is 337. The molecule has 0 amide bonds. The van der Waals surface area contributed by atoms with Crippen molar-refractivity contribution in [2.75, 3.05) is 13.2 Å². The standard InChI is InChI=1S/C11H15ClN2O/c1-8-4-10(6-12)14-11(13-8)5-9-2-3-15-7-9/h4,9H,2-3,5-7H2,1H3. The summed E-state index contributed by atoms with van der Waals surface area (Å²) in [5, 5.41) is 0. The van der Waals surface area contributed by atoms with Crippen LogP contribution in [-0.4, -0.2) is 23.2 Å². The third-order valence-electron chi connectivity index (χ3n) is 2.59. The average Bonchev–Trinajstić information content (AvgIpc) is 2.69. The van der Waals surface area contributed by atoms with E-state index in [4.69, 9.17) is 16.3 Å². The second kappa shape index (κ2) is 4.90. The van der Waals surface area contributed by atoms with Gasteiger partial charge in [-0.15, -0.1) is 11.6 Å². The number of rotatable bonds is 3. The SMILES string of the molecule is Cc1cc(CCl)nc(CC2CCOC2)n1. The number of halogens is 1. The summed E-state index contributed by atoms with van der Waals surface area (Å²) in [5.74, 6) is 1.94. The quantitative estimate of drug-likeness (QED) is 0.741. The van der Waals surface area contributed by atoms with Crippen LogP contribution in [0.3, 0.4) is 0 Å². The van der Waals surface area contributed by atoms with Crippen molar-refractivity contribution >= 4 is 11.6 Å². The van der Waals surface area contributed by atoms with Crippen LogP contribution in [0.15, 0.2) is 6.07 Å². The zero-order valence-corrected chi connectivity index (χ0v) is 9.63. The van der Waals surface area contributed by atoms with Crippen molar-refractivity contribution in [3.8, 4) is 0 Å². The summed E-state index contributed by atoms with van der Waals surface area (Å²) in [7, 11) is 0. The summed E-state index contributed by atoms with van der Waals surface area (Å²) in [6.45, 7) is 3.69. The molecule has 0 bridgehead atoms. The van der Waals surface area contributed by atoms with Crippen molar-refractivity contribution in [3.63, 3.8) is 0 Å². The summed E-state index contributed by atoms with van der Waals surface area (Å²) in [4.78, 5) is 8.84. The normalized spacial score (nSPS) is 20.8. The number of aromatic nitrogens is 2. The van der Waals surface area contributed by atoms with Gasteiger partial charge in [0.15, 0.2) is 0 Å². The number of aryl methyl sites for hydroxylation is 1. The van der Waals surface area contributed by atoms with E-state index in [0.29, 0.717) is 11.8 Å². The third-order valence-corrected chi connectivity index (χ3v) is 2.86. The minimum Gasteiger partial charge on any atom is -0.381 e. The first-order valence-corrected chi connectivity index (χ1v) is 5.78. The fraction of sp³-hybridized carbons (Fsp3) is 0.636. The Hall–Kier alpha value is -0.670. The Balaban J connectivity index is 2.09. The van der Waals surface area contributed by atoms with Gasteiger partial charge in [-0.2, -0.15) is 0 Å². The molecule has 3 nitrogen and oxygen atoms in total. The Kier molecular flexibility index (Phi) is 3.54. The first-order chi connectivity index (χ1) is 7.28. The molecule has 15 heavy (non-hydrogen) atoms. The topological polar surface area (TPSA) is 35.0 Å². The Morgan fingerprint density at radius 3 is 3.07 bits per heavy atom. The van der Waals surface area contributed by atoms with E-state index in [-0.39, 0.29) is 0 Å². The van der Waals surface area contributed by atoms with Gasteiger partial charge in [0.25, 0.3) is 0 Å². The van der Waals surface area contributed by atoms with E-state index in [2.05, 4.69) is 9.97 Å². The predicted octanol–water partition coefficient (Wildman–Crippen LogP) is 2.10. The Morgan fingerprint density at radius 2 is 2.40 bits per heavy atom. The summed E-state index contributed by atoms with van der Waals surface area (Å²) in [5.41, 5.74) is 1.91. The second-order valence-corrected chi connectivity index (χ2v) is 4.25. The molecule has 0 saturated carbocycles. The lowest BCUT2D eigenvalue weighted by atomic mass is 10.0. The van der Waals surface area contributed by atoms with E-state index in [0.717, 1.165) is 43.3 Å². The molecule has 0 aliphatic carbocycles. The van der Waals surface area contributed by atoms with Gasteiger partial charge in [0.05, 0.1) is 11.6 Å². The van der Waals surface area contributed by atoms with Crippen LogP contribution >= 0.6 is 11.6 Å². The molecule has 1 aromatic rings. The second-order valence-electron chi connectivity index (χ2n) is 3.98. The molecule has 1 aliphatic heterocycles. The highest BCUT2D eigenvalue weighted by molar-refractivity contribution is 6.16. The maximum Gasteiger partial charge on any atom is 0.129 e. The highest BCUT2D eigenvalue weighted by atomic mass is 35.5.